The van der Waals surface area contributed by atoms with E-state index < -0.39 is 0 Å². The van der Waals surface area contributed by atoms with Crippen LogP contribution in [0.15, 0.2) is 18.2 Å². The van der Waals surface area contributed by atoms with Gasteiger partial charge >= 0.3 is 0 Å². The standard InChI is InChI=1S/C19H28N2O/c1-3-15-9-6-8-14(2)18(15)19(22)20-16-10-7-11-17(16)21-12-4-5-13-21/h6,8-9,16-17H,3-5,7,10-13H2,1-2H3,(H,20,22)/t16-,17+/m1/s1. The summed E-state index contributed by atoms with van der Waals surface area (Å²) in [6.45, 7) is 6.58. The first-order valence-electron chi connectivity index (χ1n) is 8.84. The van der Waals surface area contributed by atoms with Gasteiger partial charge in [-0.05, 0) is 69.7 Å². The van der Waals surface area contributed by atoms with Crippen LogP contribution in [-0.2, 0) is 6.42 Å². The van der Waals surface area contributed by atoms with Gasteiger partial charge in [0.1, 0.15) is 0 Å². The Morgan fingerprint density at radius 1 is 1.23 bits per heavy atom. The fourth-order valence-corrected chi connectivity index (χ4v) is 4.21. The van der Waals surface area contributed by atoms with Crippen LogP contribution in [0.2, 0.25) is 0 Å². The summed E-state index contributed by atoms with van der Waals surface area (Å²) in [7, 11) is 0. The summed E-state index contributed by atoms with van der Waals surface area (Å²) in [4.78, 5) is 15.4. The van der Waals surface area contributed by atoms with Crippen LogP contribution in [0.3, 0.4) is 0 Å². The molecular formula is C19H28N2O. The first kappa shape index (κ1) is 15.5. The molecule has 0 spiro atoms. The first-order valence-corrected chi connectivity index (χ1v) is 8.84. The number of hydrogen-bond donors (Lipinski definition) is 1. The molecule has 1 heterocycles. The van der Waals surface area contributed by atoms with Crippen molar-refractivity contribution in [1.29, 1.82) is 0 Å². The van der Waals surface area contributed by atoms with Crippen LogP contribution in [0, 0.1) is 6.92 Å². The monoisotopic (exact) mass is 300 g/mol. The molecule has 1 aliphatic carbocycles. The molecular weight excluding hydrogens is 272 g/mol. The third kappa shape index (κ3) is 3.05. The summed E-state index contributed by atoms with van der Waals surface area (Å²) in [6, 6.07) is 7.05. The van der Waals surface area contributed by atoms with Crippen molar-refractivity contribution in [1.82, 2.24) is 10.2 Å². The highest BCUT2D eigenvalue weighted by atomic mass is 16.1. The molecule has 1 amide bonds. The van der Waals surface area contributed by atoms with Crippen LogP contribution < -0.4 is 5.32 Å². The Balaban J connectivity index is 1.73. The number of nitrogens with zero attached hydrogens (tertiary/aromatic N) is 1. The molecule has 1 aliphatic heterocycles. The molecule has 0 radical (unpaired) electrons. The van der Waals surface area contributed by atoms with Crippen LogP contribution in [0.4, 0.5) is 0 Å². The maximum Gasteiger partial charge on any atom is 0.252 e. The Hall–Kier alpha value is -1.35. The van der Waals surface area contributed by atoms with Gasteiger partial charge in [-0.15, -0.1) is 0 Å². The zero-order valence-corrected chi connectivity index (χ0v) is 13.9. The second kappa shape index (κ2) is 6.82. The Morgan fingerprint density at radius 3 is 2.73 bits per heavy atom. The molecule has 1 aromatic carbocycles. The Bertz CT molecular complexity index is 534. The van der Waals surface area contributed by atoms with E-state index in [4.69, 9.17) is 0 Å². The minimum Gasteiger partial charge on any atom is -0.348 e. The van der Waals surface area contributed by atoms with Crippen LogP contribution in [-0.4, -0.2) is 36.0 Å². The van der Waals surface area contributed by atoms with Gasteiger partial charge in [-0.3, -0.25) is 9.69 Å². The molecule has 0 aromatic heterocycles. The van der Waals surface area contributed by atoms with E-state index in [0.29, 0.717) is 12.1 Å². The number of amides is 1. The number of benzene rings is 1. The highest BCUT2D eigenvalue weighted by Gasteiger charge is 2.34. The fraction of sp³-hybridized carbons (Fsp3) is 0.632. The lowest BCUT2D eigenvalue weighted by molar-refractivity contribution is 0.0911. The summed E-state index contributed by atoms with van der Waals surface area (Å²) in [5, 5.41) is 3.36. The largest absolute Gasteiger partial charge is 0.348 e. The fourth-order valence-electron chi connectivity index (χ4n) is 4.21. The lowest BCUT2D eigenvalue weighted by atomic mass is 9.98. The molecule has 0 unspecified atom stereocenters. The number of nitrogens with one attached hydrogen (secondary N) is 1. The van der Waals surface area contributed by atoms with Crippen molar-refractivity contribution in [2.75, 3.05) is 13.1 Å². The van der Waals surface area contributed by atoms with Crippen molar-refractivity contribution in [2.45, 2.75) is 64.5 Å². The highest BCUT2D eigenvalue weighted by Crippen LogP contribution is 2.28. The zero-order valence-electron chi connectivity index (χ0n) is 13.9. The summed E-state index contributed by atoms with van der Waals surface area (Å²) >= 11 is 0. The number of carbonyl (C=O) groups excluding carboxylic acids is 1. The van der Waals surface area contributed by atoms with E-state index in [1.165, 1.54) is 38.8 Å². The van der Waals surface area contributed by atoms with Gasteiger partial charge in [-0.2, -0.15) is 0 Å². The molecule has 3 heteroatoms. The molecule has 1 saturated carbocycles. The lowest BCUT2D eigenvalue weighted by Crippen LogP contribution is -2.48. The molecule has 0 bridgehead atoms. The normalized spacial score (nSPS) is 25.5. The van der Waals surface area contributed by atoms with Gasteiger partial charge in [0.15, 0.2) is 0 Å². The number of rotatable bonds is 4. The molecule has 1 N–H and O–H groups in total. The van der Waals surface area contributed by atoms with Crippen molar-refractivity contribution >= 4 is 5.91 Å². The van der Waals surface area contributed by atoms with E-state index in [9.17, 15) is 4.79 Å². The van der Waals surface area contributed by atoms with Crippen LogP contribution in [0.5, 0.6) is 0 Å². The van der Waals surface area contributed by atoms with E-state index in [1.54, 1.807) is 0 Å². The van der Waals surface area contributed by atoms with E-state index in [1.807, 2.05) is 19.1 Å². The van der Waals surface area contributed by atoms with E-state index >= 15 is 0 Å². The Kier molecular flexibility index (Phi) is 4.82. The quantitative estimate of drug-likeness (QED) is 0.925. The van der Waals surface area contributed by atoms with Crippen molar-refractivity contribution in [3.05, 3.63) is 34.9 Å². The summed E-state index contributed by atoms with van der Waals surface area (Å²) < 4.78 is 0. The van der Waals surface area contributed by atoms with E-state index in [2.05, 4.69) is 23.2 Å². The van der Waals surface area contributed by atoms with Gasteiger partial charge in [0.25, 0.3) is 5.91 Å². The van der Waals surface area contributed by atoms with Crippen molar-refractivity contribution in [2.24, 2.45) is 0 Å². The summed E-state index contributed by atoms with van der Waals surface area (Å²) in [5.74, 6) is 0.131. The topological polar surface area (TPSA) is 32.3 Å². The van der Waals surface area contributed by atoms with Gasteiger partial charge in [0.05, 0.1) is 0 Å². The van der Waals surface area contributed by atoms with Crippen molar-refractivity contribution in [3.63, 3.8) is 0 Å². The van der Waals surface area contributed by atoms with E-state index in [0.717, 1.165) is 29.5 Å². The average molecular weight is 300 g/mol. The van der Waals surface area contributed by atoms with Crippen LogP contribution >= 0.6 is 0 Å². The maximum atomic E-state index is 12.8. The predicted molar refractivity (Wildman–Crippen MR) is 90.3 cm³/mol. The molecule has 3 rings (SSSR count). The summed E-state index contributed by atoms with van der Waals surface area (Å²) in [5.41, 5.74) is 3.15. The molecule has 120 valence electrons. The maximum absolute atomic E-state index is 12.8. The minimum absolute atomic E-state index is 0.131. The second-order valence-electron chi connectivity index (χ2n) is 6.78. The molecule has 2 atom stereocenters. The molecule has 3 nitrogen and oxygen atoms in total. The number of hydrogen-bond acceptors (Lipinski definition) is 2. The smallest absolute Gasteiger partial charge is 0.252 e. The molecule has 2 aliphatic rings. The SMILES string of the molecule is CCc1cccc(C)c1C(=O)N[C@@H]1CCC[C@@H]1N1CCCC1. The number of likely N-dealkylation sites (tertiary alicyclic amines) is 1. The van der Waals surface area contributed by atoms with Gasteiger partial charge in [0.2, 0.25) is 0 Å². The molecule has 2 fully saturated rings. The number of carbonyl (C=O) groups is 1. The van der Waals surface area contributed by atoms with Crippen LogP contribution in [0.1, 0.15) is 60.5 Å². The molecule has 1 aromatic rings. The number of aryl methyl sites for hydroxylation is 2. The Labute approximate surface area is 134 Å². The van der Waals surface area contributed by atoms with E-state index in [-0.39, 0.29) is 5.91 Å². The third-order valence-corrected chi connectivity index (χ3v) is 5.37. The first-order chi connectivity index (χ1) is 10.7. The zero-order chi connectivity index (χ0) is 15.5. The average Bonchev–Trinajstić information content (AvgIpc) is 3.17. The summed E-state index contributed by atoms with van der Waals surface area (Å²) in [6.07, 6.45) is 7.13. The molecule has 22 heavy (non-hydrogen) atoms. The van der Waals surface area contributed by atoms with Gasteiger partial charge in [-0.1, -0.05) is 25.1 Å². The van der Waals surface area contributed by atoms with Gasteiger partial charge in [-0.25, -0.2) is 0 Å². The molecule has 1 saturated heterocycles. The highest BCUT2D eigenvalue weighted by molar-refractivity contribution is 5.97. The Morgan fingerprint density at radius 2 is 2.00 bits per heavy atom. The predicted octanol–water partition coefficient (Wildman–Crippen LogP) is 3.30. The van der Waals surface area contributed by atoms with Gasteiger partial charge < -0.3 is 5.32 Å². The van der Waals surface area contributed by atoms with Crippen LogP contribution in [0.25, 0.3) is 0 Å². The lowest BCUT2D eigenvalue weighted by Gasteiger charge is -2.30. The third-order valence-electron chi connectivity index (χ3n) is 5.37. The second-order valence-corrected chi connectivity index (χ2v) is 6.78. The minimum atomic E-state index is 0.131. The van der Waals surface area contributed by atoms with Crippen molar-refractivity contribution < 1.29 is 4.79 Å². The van der Waals surface area contributed by atoms with Crippen molar-refractivity contribution in [3.8, 4) is 0 Å². The van der Waals surface area contributed by atoms with Gasteiger partial charge in [0, 0.05) is 17.6 Å².